The molecule has 0 spiro atoms. The van der Waals surface area contributed by atoms with Gasteiger partial charge in [-0.05, 0) is 24.3 Å². The van der Waals surface area contributed by atoms with E-state index in [4.69, 9.17) is 5.11 Å². The van der Waals surface area contributed by atoms with Crippen LogP contribution in [0.3, 0.4) is 0 Å². The van der Waals surface area contributed by atoms with Gasteiger partial charge in [0.25, 0.3) is 11.6 Å². The molecule has 1 heterocycles. The fraction of sp³-hybridized carbons (Fsp3) is 0.0714. The lowest BCUT2D eigenvalue weighted by Gasteiger charge is -2.03. The Kier molecular flexibility index (Phi) is 4.33. The van der Waals surface area contributed by atoms with E-state index in [0.29, 0.717) is 11.3 Å². The first kappa shape index (κ1) is 14.3. The second kappa shape index (κ2) is 6.36. The fourth-order valence-corrected chi connectivity index (χ4v) is 1.60. The maximum absolute atomic E-state index is 11.9. The van der Waals surface area contributed by atoms with Crippen LogP contribution in [0.1, 0.15) is 16.1 Å². The predicted octanol–water partition coefficient (Wildman–Crippen LogP) is 1.52. The number of aromatic nitrogens is 1. The molecule has 2 rings (SSSR count). The number of carbonyl (C=O) groups excluding carboxylic acids is 1. The summed E-state index contributed by atoms with van der Waals surface area (Å²) in [6.45, 7) is -0.218. The van der Waals surface area contributed by atoms with Gasteiger partial charge in [0.15, 0.2) is 0 Å². The number of aliphatic hydroxyl groups excluding tert-OH is 1. The van der Waals surface area contributed by atoms with Crippen molar-refractivity contribution in [1.29, 1.82) is 0 Å². The summed E-state index contributed by atoms with van der Waals surface area (Å²) in [6, 6.07) is 7.84. The molecule has 0 bridgehead atoms. The zero-order valence-electron chi connectivity index (χ0n) is 10.8. The molecule has 0 radical (unpaired) electrons. The number of aromatic amines is 1. The van der Waals surface area contributed by atoms with Crippen LogP contribution in [0, 0.1) is 22.0 Å². The molecule has 0 aliphatic rings. The van der Waals surface area contributed by atoms with Crippen LogP contribution in [-0.2, 0) is 0 Å². The average molecular weight is 285 g/mol. The maximum atomic E-state index is 11.9. The van der Waals surface area contributed by atoms with Gasteiger partial charge in [-0.15, -0.1) is 0 Å². The molecule has 0 fully saturated rings. The Hall–Kier alpha value is -3.11. The first-order valence-corrected chi connectivity index (χ1v) is 5.94. The molecule has 7 heteroatoms. The van der Waals surface area contributed by atoms with Gasteiger partial charge in [-0.2, -0.15) is 0 Å². The molecule has 106 valence electrons. The average Bonchev–Trinajstić information content (AvgIpc) is 2.97. The number of carbonyl (C=O) groups is 1. The Balaban J connectivity index is 2.06. The van der Waals surface area contributed by atoms with Crippen LogP contribution < -0.4 is 5.32 Å². The smallest absolute Gasteiger partial charge is 0.287 e. The van der Waals surface area contributed by atoms with Gasteiger partial charge < -0.3 is 15.4 Å². The van der Waals surface area contributed by atoms with Crippen molar-refractivity contribution in [3.8, 4) is 11.8 Å². The van der Waals surface area contributed by atoms with Crippen molar-refractivity contribution < 1.29 is 14.8 Å². The van der Waals surface area contributed by atoms with Gasteiger partial charge in [-0.1, -0.05) is 11.8 Å². The summed E-state index contributed by atoms with van der Waals surface area (Å²) in [5.41, 5.74) is 1.17. The number of aliphatic hydroxyl groups is 1. The van der Waals surface area contributed by atoms with Gasteiger partial charge in [0.05, 0.1) is 11.1 Å². The van der Waals surface area contributed by atoms with Gasteiger partial charge in [-0.3, -0.25) is 14.9 Å². The Morgan fingerprint density at radius 1 is 1.38 bits per heavy atom. The summed E-state index contributed by atoms with van der Waals surface area (Å²) in [6.07, 6.45) is 1.16. The highest BCUT2D eigenvalue weighted by molar-refractivity contribution is 6.03. The fourth-order valence-electron chi connectivity index (χ4n) is 1.60. The van der Waals surface area contributed by atoms with Crippen molar-refractivity contribution in [1.82, 2.24) is 4.98 Å². The van der Waals surface area contributed by atoms with E-state index in [1.165, 1.54) is 0 Å². The van der Waals surface area contributed by atoms with Crippen molar-refractivity contribution in [2.75, 3.05) is 11.9 Å². The van der Waals surface area contributed by atoms with Gasteiger partial charge in [-0.25, -0.2) is 0 Å². The Morgan fingerprint density at radius 3 is 2.67 bits per heavy atom. The van der Waals surface area contributed by atoms with Crippen LogP contribution >= 0.6 is 0 Å². The first-order chi connectivity index (χ1) is 10.1. The van der Waals surface area contributed by atoms with Crippen LogP contribution in [0.5, 0.6) is 0 Å². The molecule has 21 heavy (non-hydrogen) atoms. The van der Waals surface area contributed by atoms with E-state index in [2.05, 4.69) is 22.1 Å². The third kappa shape index (κ3) is 3.68. The number of hydrogen-bond acceptors (Lipinski definition) is 4. The van der Waals surface area contributed by atoms with E-state index in [1.807, 2.05) is 0 Å². The van der Waals surface area contributed by atoms with E-state index in [-0.39, 0.29) is 18.0 Å². The highest BCUT2D eigenvalue weighted by Gasteiger charge is 2.14. The highest BCUT2D eigenvalue weighted by atomic mass is 16.6. The number of amides is 1. The standard InChI is InChI=1S/C14H11N3O4/c18-7-1-2-10-3-5-11(6-4-10)16-14(19)13-8-12(9-15-13)17(20)21/h3-6,8-9,15,18H,7H2,(H,16,19). The molecule has 2 aromatic rings. The largest absolute Gasteiger partial charge is 0.384 e. The third-order valence-corrected chi connectivity index (χ3v) is 2.58. The molecular weight excluding hydrogens is 274 g/mol. The monoisotopic (exact) mass is 285 g/mol. The molecule has 0 aliphatic heterocycles. The Morgan fingerprint density at radius 2 is 2.10 bits per heavy atom. The molecule has 0 saturated heterocycles. The second-order valence-electron chi connectivity index (χ2n) is 4.02. The van der Waals surface area contributed by atoms with Gasteiger partial charge >= 0.3 is 0 Å². The van der Waals surface area contributed by atoms with Crippen LogP contribution in [0.4, 0.5) is 11.4 Å². The number of H-pyrrole nitrogens is 1. The van der Waals surface area contributed by atoms with Crippen LogP contribution in [-0.4, -0.2) is 27.5 Å². The normalized spacial score (nSPS) is 9.57. The van der Waals surface area contributed by atoms with Crippen LogP contribution in [0.2, 0.25) is 0 Å². The van der Waals surface area contributed by atoms with Crippen molar-refractivity contribution in [3.63, 3.8) is 0 Å². The van der Waals surface area contributed by atoms with E-state index < -0.39 is 10.8 Å². The summed E-state index contributed by atoms with van der Waals surface area (Å²) in [7, 11) is 0. The topological polar surface area (TPSA) is 108 Å². The molecule has 3 N–H and O–H groups in total. The maximum Gasteiger partial charge on any atom is 0.287 e. The Labute approximate surface area is 119 Å². The number of nitrogens with zero attached hydrogens (tertiary/aromatic N) is 1. The van der Waals surface area contributed by atoms with Gasteiger partial charge in [0, 0.05) is 17.3 Å². The quantitative estimate of drug-likeness (QED) is 0.451. The lowest BCUT2D eigenvalue weighted by Crippen LogP contribution is -2.12. The molecule has 1 aromatic carbocycles. The molecule has 0 saturated carbocycles. The van der Waals surface area contributed by atoms with E-state index in [0.717, 1.165) is 12.3 Å². The number of hydrogen-bond donors (Lipinski definition) is 3. The van der Waals surface area contributed by atoms with Crippen molar-refractivity contribution in [3.05, 3.63) is 57.9 Å². The predicted molar refractivity (Wildman–Crippen MR) is 75.8 cm³/mol. The summed E-state index contributed by atoms with van der Waals surface area (Å²) in [5, 5.41) is 21.7. The Bertz CT molecular complexity index is 723. The van der Waals surface area contributed by atoms with Gasteiger partial charge in [0.2, 0.25) is 0 Å². The SMILES string of the molecule is O=C(Nc1ccc(C#CCO)cc1)c1cc([N+](=O)[O-])c[nH]1. The van der Waals surface area contributed by atoms with Crippen molar-refractivity contribution in [2.24, 2.45) is 0 Å². The molecule has 7 nitrogen and oxygen atoms in total. The highest BCUT2D eigenvalue weighted by Crippen LogP contribution is 2.14. The second-order valence-corrected chi connectivity index (χ2v) is 4.02. The number of anilines is 1. The molecule has 1 amide bonds. The lowest BCUT2D eigenvalue weighted by atomic mass is 10.2. The minimum absolute atomic E-state index is 0.103. The number of benzene rings is 1. The van der Waals surface area contributed by atoms with E-state index >= 15 is 0 Å². The first-order valence-electron chi connectivity index (χ1n) is 5.94. The van der Waals surface area contributed by atoms with Crippen LogP contribution in [0.25, 0.3) is 0 Å². The number of rotatable bonds is 3. The molecule has 0 aliphatic carbocycles. The summed E-state index contributed by atoms with van der Waals surface area (Å²) >= 11 is 0. The van der Waals surface area contributed by atoms with Crippen molar-refractivity contribution >= 4 is 17.3 Å². The minimum atomic E-state index is -0.581. The summed E-state index contributed by atoms with van der Waals surface area (Å²) in [5.74, 6) is 4.77. The molecule has 0 unspecified atom stereocenters. The van der Waals surface area contributed by atoms with Crippen molar-refractivity contribution in [2.45, 2.75) is 0 Å². The molecule has 1 aromatic heterocycles. The zero-order valence-corrected chi connectivity index (χ0v) is 10.8. The van der Waals surface area contributed by atoms with Gasteiger partial charge in [0.1, 0.15) is 12.3 Å². The lowest BCUT2D eigenvalue weighted by molar-refractivity contribution is -0.384. The van der Waals surface area contributed by atoms with E-state index in [9.17, 15) is 14.9 Å². The number of nitro groups is 1. The third-order valence-electron chi connectivity index (χ3n) is 2.58. The number of nitrogens with one attached hydrogen (secondary N) is 2. The summed E-state index contributed by atoms with van der Waals surface area (Å²) in [4.78, 5) is 24.4. The zero-order chi connectivity index (χ0) is 15.2. The van der Waals surface area contributed by atoms with E-state index in [1.54, 1.807) is 24.3 Å². The summed E-state index contributed by atoms with van der Waals surface area (Å²) < 4.78 is 0. The minimum Gasteiger partial charge on any atom is -0.384 e. The van der Waals surface area contributed by atoms with Crippen LogP contribution in [0.15, 0.2) is 36.5 Å². The molecular formula is C14H11N3O4. The molecule has 0 atom stereocenters.